The lowest BCUT2D eigenvalue weighted by molar-refractivity contribution is 0.576. The van der Waals surface area contributed by atoms with E-state index in [1.165, 1.54) is 16.1 Å². The molecule has 0 fully saturated rings. The van der Waals surface area contributed by atoms with Crippen LogP contribution in [0, 0.1) is 0 Å². The first-order valence-corrected chi connectivity index (χ1v) is 7.34. The fourth-order valence-corrected chi connectivity index (χ4v) is 3.99. The van der Waals surface area contributed by atoms with Crippen molar-refractivity contribution in [2.24, 2.45) is 5.73 Å². The van der Waals surface area contributed by atoms with Crippen LogP contribution in [0.4, 0.5) is 0 Å². The lowest BCUT2D eigenvalue weighted by atomic mass is 9.99. The van der Waals surface area contributed by atoms with Crippen LogP contribution < -0.4 is 5.73 Å². The van der Waals surface area contributed by atoms with Crippen molar-refractivity contribution in [3.05, 3.63) is 39.3 Å². The monoisotopic (exact) mass is 308 g/mol. The maximum absolute atomic E-state index is 6.00. The van der Waals surface area contributed by atoms with Crippen molar-refractivity contribution in [1.29, 1.82) is 0 Å². The smallest absolute Gasteiger partial charge is 0.125 e. The molecule has 1 aliphatic rings. The molecule has 0 aliphatic heterocycles. The van der Waals surface area contributed by atoms with E-state index in [1.54, 1.807) is 11.3 Å². The summed E-state index contributed by atoms with van der Waals surface area (Å²) in [6, 6.07) is 8.55. The number of hydrogen-bond donors (Lipinski definition) is 1. The molecule has 1 unspecified atom stereocenters. The highest BCUT2D eigenvalue weighted by Gasteiger charge is 2.20. The summed E-state index contributed by atoms with van der Waals surface area (Å²) in [4.78, 5) is 6.12. The molecular formula is C13H13BrN2S. The summed E-state index contributed by atoms with van der Waals surface area (Å²) in [7, 11) is 0. The number of nitrogens with zero attached hydrogens (tertiary/aromatic N) is 1. The molecule has 17 heavy (non-hydrogen) atoms. The predicted octanol–water partition coefficient (Wildman–Crippen LogP) is 3.39. The first kappa shape index (κ1) is 11.4. The number of fused-ring (bicyclic) bond motifs is 1. The average Bonchev–Trinajstić information content (AvgIpc) is 2.72. The molecule has 1 aromatic heterocycles. The molecule has 0 spiro atoms. The Morgan fingerprint density at radius 2 is 2.18 bits per heavy atom. The van der Waals surface area contributed by atoms with Crippen LogP contribution in [0.2, 0.25) is 0 Å². The van der Waals surface area contributed by atoms with Gasteiger partial charge < -0.3 is 5.73 Å². The quantitative estimate of drug-likeness (QED) is 0.877. The molecule has 2 nitrogen and oxygen atoms in total. The molecule has 1 atom stereocenters. The van der Waals surface area contributed by atoms with E-state index in [1.807, 2.05) is 12.1 Å². The van der Waals surface area contributed by atoms with Gasteiger partial charge in [0.1, 0.15) is 5.01 Å². The molecule has 0 bridgehead atoms. The highest BCUT2D eigenvalue weighted by atomic mass is 79.9. The van der Waals surface area contributed by atoms with Crippen molar-refractivity contribution in [1.82, 2.24) is 4.98 Å². The minimum absolute atomic E-state index is 0.315. The zero-order valence-electron chi connectivity index (χ0n) is 9.32. The third-order valence-electron chi connectivity index (χ3n) is 3.08. The van der Waals surface area contributed by atoms with E-state index in [9.17, 15) is 0 Å². The van der Waals surface area contributed by atoms with Crippen molar-refractivity contribution in [2.45, 2.75) is 25.3 Å². The van der Waals surface area contributed by atoms with Crippen LogP contribution in [0.25, 0.3) is 10.6 Å². The molecule has 0 saturated carbocycles. The number of aromatic nitrogens is 1. The first-order valence-electron chi connectivity index (χ1n) is 5.73. The van der Waals surface area contributed by atoms with Crippen LogP contribution in [-0.4, -0.2) is 11.0 Å². The Balaban J connectivity index is 2.03. The molecule has 2 N–H and O–H groups in total. The summed E-state index contributed by atoms with van der Waals surface area (Å²) in [5.74, 6) is 0. The van der Waals surface area contributed by atoms with Gasteiger partial charge in [-0.3, -0.25) is 0 Å². The molecule has 2 aromatic rings. The number of rotatable bonds is 1. The molecule has 0 saturated heterocycles. The highest BCUT2D eigenvalue weighted by Crippen LogP contribution is 2.35. The number of halogens is 1. The van der Waals surface area contributed by atoms with E-state index in [-0.39, 0.29) is 0 Å². The molecule has 1 aromatic carbocycles. The summed E-state index contributed by atoms with van der Waals surface area (Å²) >= 11 is 5.37. The van der Waals surface area contributed by atoms with Gasteiger partial charge in [-0.15, -0.1) is 11.3 Å². The van der Waals surface area contributed by atoms with E-state index in [2.05, 4.69) is 28.1 Å². The first-order chi connectivity index (χ1) is 8.24. The Morgan fingerprint density at radius 1 is 1.35 bits per heavy atom. The Kier molecular flexibility index (Phi) is 3.03. The maximum atomic E-state index is 6.00. The van der Waals surface area contributed by atoms with Crippen molar-refractivity contribution >= 4 is 27.3 Å². The topological polar surface area (TPSA) is 38.9 Å². The fourth-order valence-electron chi connectivity index (χ4n) is 2.15. The van der Waals surface area contributed by atoms with Gasteiger partial charge in [-0.25, -0.2) is 4.98 Å². The molecule has 1 aliphatic carbocycles. The Morgan fingerprint density at radius 3 is 3.00 bits per heavy atom. The number of hydrogen-bond acceptors (Lipinski definition) is 3. The predicted molar refractivity (Wildman–Crippen MR) is 75.3 cm³/mol. The van der Waals surface area contributed by atoms with Crippen LogP contribution in [0.3, 0.4) is 0 Å². The second-order valence-electron chi connectivity index (χ2n) is 4.37. The lowest BCUT2D eigenvalue weighted by Gasteiger charge is -2.15. The van der Waals surface area contributed by atoms with Crippen LogP contribution in [-0.2, 0) is 12.8 Å². The van der Waals surface area contributed by atoms with E-state index in [0.717, 1.165) is 28.7 Å². The minimum atomic E-state index is 0.315. The van der Waals surface area contributed by atoms with Gasteiger partial charge >= 0.3 is 0 Å². The van der Waals surface area contributed by atoms with Crippen molar-refractivity contribution in [2.75, 3.05) is 0 Å². The molecule has 1 heterocycles. The molecule has 88 valence electrons. The summed E-state index contributed by atoms with van der Waals surface area (Å²) in [6.45, 7) is 0. The number of aryl methyl sites for hydroxylation is 1. The summed E-state index contributed by atoms with van der Waals surface area (Å²) in [5.41, 5.74) is 8.43. The zero-order valence-corrected chi connectivity index (χ0v) is 11.7. The van der Waals surface area contributed by atoms with Crippen molar-refractivity contribution < 1.29 is 0 Å². The molecule has 0 radical (unpaired) electrons. The number of benzene rings is 1. The second-order valence-corrected chi connectivity index (χ2v) is 6.31. The zero-order chi connectivity index (χ0) is 11.8. The van der Waals surface area contributed by atoms with Gasteiger partial charge in [0.25, 0.3) is 0 Å². The van der Waals surface area contributed by atoms with Gasteiger partial charge in [0.15, 0.2) is 0 Å². The van der Waals surface area contributed by atoms with Crippen LogP contribution >= 0.6 is 27.3 Å². The average molecular weight is 309 g/mol. The van der Waals surface area contributed by atoms with Gasteiger partial charge in [-0.1, -0.05) is 34.1 Å². The molecule has 0 amide bonds. The lowest BCUT2D eigenvalue weighted by Crippen LogP contribution is -2.26. The van der Waals surface area contributed by atoms with Gasteiger partial charge in [-0.05, 0) is 25.3 Å². The summed E-state index contributed by atoms with van der Waals surface area (Å²) in [6.07, 6.45) is 3.07. The summed E-state index contributed by atoms with van der Waals surface area (Å²) < 4.78 is 1.11. The van der Waals surface area contributed by atoms with Gasteiger partial charge in [0, 0.05) is 21.0 Å². The standard InChI is InChI=1S/C13H13BrN2S/c14-10-4-2-1-3-9(10)13-16-11-6-5-8(15)7-12(11)17-13/h1-4,8H,5-7,15H2. The maximum Gasteiger partial charge on any atom is 0.125 e. The van der Waals surface area contributed by atoms with Crippen molar-refractivity contribution in [3.8, 4) is 10.6 Å². The Labute approximate surface area is 113 Å². The van der Waals surface area contributed by atoms with E-state index in [4.69, 9.17) is 10.7 Å². The largest absolute Gasteiger partial charge is 0.327 e. The van der Waals surface area contributed by atoms with Gasteiger partial charge in [0.05, 0.1) is 5.69 Å². The number of nitrogens with two attached hydrogens (primary N) is 1. The Hall–Kier alpha value is -0.710. The number of thiazole rings is 1. The third-order valence-corrected chi connectivity index (χ3v) is 4.93. The third kappa shape index (κ3) is 2.17. The SMILES string of the molecule is NC1CCc2nc(-c3ccccc3Br)sc2C1. The fraction of sp³-hybridized carbons (Fsp3) is 0.308. The van der Waals surface area contributed by atoms with Crippen LogP contribution in [0.1, 0.15) is 17.0 Å². The molecule has 3 rings (SSSR count). The van der Waals surface area contributed by atoms with Crippen molar-refractivity contribution in [3.63, 3.8) is 0 Å². The van der Waals surface area contributed by atoms with Crippen LogP contribution in [0.15, 0.2) is 28.7 Å². The van der Waals surface area contributed by atoms with Gasteiger partial charge in [-0.2, -0.15) is 0 Å². The van der Waals surface area contributed by atoms with Crippen LogP contribution in [0.5, 0.6) is 0 Å². The van der Waals surface area contributed by atoms with E-state index in [0.29, 0.717) is 6.04 Å². The minimum Gasteiger partial charge on any atom is -0.327 e. The van der Waals surface area contributed by atoms with E-state index >= 15 is 0 Å². The molecular weight excluding hydrogens is 296 g/mol. The normalized spacial score (nSPS) is 19.1. The second kappa shape index (κ2) is 4.52. The highest BCUT2D eigenvalue weighted by molar-refractivity contribution is 9.10. The van der Waals surface area contributed by atoms with E-state index < -0.39 is 0 Å². The summed E-state index contributed by atoms with van der Waals surface area (Å²) in [5, 5.41) is 1.11. The van der Waals surface area contributed by atoms with Gasteiger partial charge in [0.2, 0.25) is 0 Å². The molecule has 4 heteroatoms. The Bertz CT molecular complexity index is 550.